The average molecular weight is 454 g/mol. The molecule has 2 heterocycles. The number of aromatic nitrogens is 1. The first kappa shape index (κ1) is 21.8. The summed E-state index contributed by atoms with van der Waals surface area (Å²) in [6.07, 6.45) is 5.31. The zero-order chi connectivity index (χ0) is 22.6. The summed E-state index contributed by atoms with van der Waals surface area (Å²) in [6.45, 7) is 3.21. The van der Waals surface area contributed by atoms with Gasteiger partial charge in [0.05, 0.1) is 18.1 Å². The van der Waals surface area contributed by atoms with Crippen LogP contribution in [-0.4, -0.2) is 49.8 Å². The molecule has 9 heteroatoms. The van der Waals surface area contributed by atoms with Crippen LogP contribution in [0.3, 0.4) is 0 Å². The van der Waals surface area contributed by atoms with Crippen LogP contribution < -0.4 is 10.4 Å². The minimum atomic E-state index is -3.77. The van der Waals surface area contributed by atoms with E-state index in [0.717, 1.165) is 53.2 Å². The van der Waals surface area contributed by atoms with Crippen molar-refractivity contribution in [3.8, 4) is 11.1 Å². The average Bonchev–Trinajstić information content (AvgIpc) is 3.33. The fraction of sp³-hybridized carbons (Fsp3) is 0.174. The first-order chi connectivity index (χ1) is 15.5. The van der Waals surface area contributed by atoms with Crippen LogP contribution in [0.1, 0.15) is 5.56 Å². The van der Waals surface area contributed by atoms with Crippen molar-refractivity contribution in [3.63, 3.8) is 0 Å². The number of ether oxygens (including phenoxy) is 1. The van der Waals surface area contributed by atoms with Gasteiger partial charge in [0.2, 0.25) is 0 Å². The zero-order valence-electron chi connectivity index (χ0n) is 17.2. The second kappa shape index (κ2) is 9.39. The molecule has 0 radical (unpaired) electrons. The van der Waals surface area contributed by atoms with Gasteiger partial charge in [0.1, 0.15) is 0 Å². The Balaban J connectivity index is 1.50. The van der Waals surface area contributed by atoms with Crippen molar-refractivity contribution >= 4 is 27.7 Å². The van der Waals surface area contributed by atoms with Gasteiger partial charge in [-0.25, -0.2) is 17.9 Å². The summed E-state index contributed by atoms with van der Waals surface area (Å²) in [7, 11) is -3.77. The Morgan fingerprint density at radius 2 is 1.59 bits per heavy atom. The van der Waals surface area contributed by atoms with E-state index in [-0.39, 0.29) is 4.90 Å². The van der Waals surface area contributed by atoms with E-state index in [1.807, 2.05) is 12.1 Å². The highest BCUT2D eigenvalue weighted by Crippen LogP contribution is 2.26. The van der Waals surface area contributed by atoms with Crippen molar-refractivity contribution in [2.24, 2.45) is 0 Å². The van der Waals surface area contributed by atoms with Crippen LogP contribution in [0.2, 0.25) is 0 Å². The summed E-state index contributed by atoms with van der Waals surface area (Å²) in [4.78, 5) is 13.5. The molecule has 1 aromatic heterocycles. The summed E-state index contributed by atoms with van der Waals surface area (Å²) in [6, 6.07) is 16.5. The van der Waals surface area contributed by atoms with Gasteiger partial charge >= 0.3 is 0 Å². The Kier molecular flexibility index (Phi) is 6.40. The van der Waals surface area contributed by atoms with Crippen LogP contribution in [0.5, 0.6) is 0 Å². The second-order valence-corrected chi connectivity index (χ2v) is 9.10. The van der Waals surface area contributed by atoms with E-state index in [1.54, 1.807) is 30.3 Å². The quantitative estimate of drug-likeness (QED) is 0.338. The number of nitrogens with one attached hydrogen (secondary N) is 1. The molecule has 1 amide bonds. The Bertz CT molecular complexity index is 1210. The highest BCUT2D eigenvalue weighted by atomic mass is 32.2. The van der Waals surface area contributed by atoms with Gasteiger partial charge < -0.3 is 9.64 Å². The van der Waals surface area contributed by atoms with Gasteiger partial charge in [-0.3, -0.25) is 10.0 Å². The molecule has 1 aliphatic rings. The van der Waals surface area contributed by atoms with E-state index >= 15 is 0 Å². The highest BCUT2D eigenvalue weighted by molar-refractivity contribution is 7.90. The number of hydrogen-bond donors (Lipinski definition) is 2. The summed E-state index contributed by atoms with van der Waals surface area (Å²) in [5, 5.41) is 8.52. The van der Waals surface area contributed by atoms with Crippen molar-refractivity contribution in [2.75, 3.05) is 31.2 Å². The highest BCUT2D eigenvalue weighted by Gasteiger charge is 2.17. The summed E-state index contributed by atoms with van der Waals surface area (Å²) >= 11 is 0. The number of carbonyl (C=O) groups excluding carboxylic acids is 1. The van der Waals surface area contributed by atoms with Gasteiger partial charge in [-0.05, 0) is 53.1 Å². The minimum absolute atomic E-state index is 0.158. The Morgan fingerprint density at radius 1 is 0.969 bits per heavy atom. The maximum atomic E-state index is 12.9. The Labute approximate surface area is 186 Å². The molecule has 2 N–H and O–H groups in total. The molecule has 0 aliphatic carbocycles. The standard InChI is InChI=1S/C23H23N3O5S/c27-23(24-28)10-1-18-11-12-26(17-18)32(29,30)22-8-4-20(5-9-22)19-2-6-21(7-3-19)25-13-15-31-16-14-25/h1-12,17,28H,13-16H2,(H,24,27)/b10-1+. The van der Waals surface area contributed by atoms with Crippen LogP contribution in [-0.2, 0) is 19.6 Å². The molecule has 166 valence electrons. The first-order valence-corrected chi connectivity index (χ1v) is 11.5. The zero-order valence-corrected chi connectivity index (χ0v) is 18.0. The van der Waals surface area contributed by atoms with Crippen LogP contribution in [0.15, 0.2) is 78.0 Å². The lowest BCUT2D eigenvalue weighted by molar-refractivity contribution is -0.124. The normalized spacial score (nSPS) is 14.6. The van der Waals surface area contributed by atoms with Gasteiger partial charge in [-0.15, -0.1) is 0 Å². The van der Waals surface area contributed by atoms with Crippen molar-refractivity contribution in [2.45, 2.75) is 4.90 Å². The lowest BCUT2D eigenvalue weighted by Gasteiger charge is -2.28. The van der Waals surface area contributed by atoms with Crippen LogP contribution in [0.4, 0.5) is 5.69 Å². The van der Waals surface area contributed by atoms with Crippen molar-refractivity contribution < 1.29 is 23.2 Å². The monoisotopic (exact) mass is 453 g/mol. The molecular weight excluding hydrogens is 430 g/mol. The third-order valence-electron chi connectivity index (χ3n) is 5.23. The lowest BCUT2D eigenvalue weighted by Crippen LogP contribution is -2.36. The van der Waals surface area contributed by atoms with Crippen LogP contribution in [0.25, 0.3) is 17.2 Å². The molecule has 3 aromatic rings. The number of morpholine rings is 1. The molecular formula is C23H23N3O5S. The molecule has 2 aromatic carbocycles. The number of hydroxylamine groups is 1. The fourth-order valence-electron chi connectivity index (χ4n) is 3.48. The summed E-state index contributed by atoms with van der Waals surface area (Å²) < 4.78 is 32.3. The van der Waals surface area contributed by atoms with E-state index in [1.165, 1.54) is 23.9 Å². The predicted molar refractivity (Wildman–Crippen MR) is 121 cm³/mol. The molecule has 4 rings (SSSR count). The van der Waals surface area contributed by atoms with Crippen molar-refractivity contribution in [1.82, 2.24) is 9.45 Å². The molecule has 0 bridgehead atoms. The molecule has 0 unspecified atom stereocenters. The predicted octanol–water partition coefficient (Wildman–Crippen LogP) is 2.75. The van der Waals surface area contributed by atoms with Crippen LogP contribution in [0, 0.1) is 0 Å². The largest absolute Gasteiger partial charge is 0.378 e. The maximum Gasteiger partial charge on any atom is 0.267 e. The first-order valence-electron chi connectivity index (χ1n) is 10.1. The second-order valence-electron chi connectivity index (χ2n) is 7.26. The summed E-state index contributed by atoms with van der Waals surface area (Å²) in [5.41, 5.74) is 5.05. The van der Waals surface area contributed by atoms with E-state index < -0.39 is 15.9 Å². The van der Waals surface area contributed by atoms with Gasteiger partial charge in [-0.2, -0.15) is 0 Å². The Hall–Kier alpha value is -3.40. The number of nitrogens with zero attached hydrogens (tertiary/aromatic N) is 2. The van der Waals surface area contributed by atoms with E-state index in [0.29, 0.717) is 5.56 Å². The van der Waals surface area contributed by atoms with Crippen molar-refractivity contribution in [1.29, 1.82) is 0 Å². The fourth-order valence-corrected chi connectivity index (χ4v) is 4.68. The number of carbonyl (C=O) groups is 1. The molecule has 1 fully saturated rings. The van der Waals surface area contributed by atoms with Gasteiger partial charge in [-0.1, -0.05) is 24.3 Å². The smallest absolute Gasteiger partial charge is 0.267 e. The SMILES string of the molecule is O=C(/C=C/c1ccn(S(=O)(=O)c2ccc(-c3ccc(N4CCOCC4)cc3)cc2)c1)NO. The van der Waals surface area contributed by atoms with Gasteiger partial charge in [0.15, 0.2) is 0 Å². The van der Waals surface area contributed by atoms with Gasteiger partial charge in [0.25, 0.3) is 15.9 Å². The molecule has 32 heavy (non-hydrogen) atoms. The van der Waals surface area contributed by atoms with E-state index in [9.17, 15) is 13.2 Å². The molecule has 0 atom stereocenters. The number of benzene rings is 2. The third-order valence-corrected chi connectivity index (χ3v) is 6.88. The lowest BCUT2D eigenvalue weighted by atomic mass is 10.1. The topological polar surface area (TPSA) is 101 Å². The molecule has 8 nitrogen and oxygen atoms in total. The number of rotatable bonds is 6. The van der Waals surface area contributed by atoms with Crippen molar-refractivity contribution in [3.05, 3.63) is 78.6 Å². The Morgan fingerprint density at radius 3 is 2.22 bits per heavy atom. The van der Waals surface area contributed by atoms with E-state index in [2.05, 4.69) is 17.0 Å². The maximum absolute atomic E-state index is 12.9. The molecule has 0 spiro atoms. The van der Waals surface area contributed by atoms with Gasteiger partial charge in [0, 0.05) is 37.2 Å². The number of anilines is 1. The number of hydrogen-bond acceptors (Lipinski definition) is 6. The minimum Gasteiger partial charge on any atom is -0.378 e. The third kappa shape index (κ3) is 4.75. The number of amides is 1. The van der Waals surface area contributed by atoms with E-state index in [4.69, 9.17) is 9.94 Å². The van der Waals surface area contributed by atoms with Crippen LogP contribution >= 0.6 is 0 Å². The molecule has 1 saturated heterocycles. The summed E-state index contributed by atoms with van der Waals surface area (Å²) in [5.74, 6) is -0.700. The molecule has 1 aliphatic heterocycles. The molecule has 0 saturated carbocycles.